The van der Waals surface area contributed by atoms with Gasteiger partial charge in [-0.15, -0.1) is 0 Å². The lowest BCUT2D eigenvalue weighted by Crippen LogP contribution is -2.25. The number of sulfone groups is 1. The van der Waals surface area contributed by atoms with Gasteiger partial charge in [0.05, 0.1) is 69.4 Å². The molecule has 4 aromatic rings. The summed E-state index contributed by atoms with van der Waals surface area (Å²) in [6.45, 7) is 0.684. The van der Waals surface area contributed by atoms with Crippen LogP contribution in [0.25, 0.3) is 0 Å². The van der Waals surface area contributed by atoms with Crippen LogP contribution in [0.1, 0.15) is 63.3 Å². The largest absolute Gasteiger partial charge is 0.778 e. The Balaban J connectivity index is 0.000000333. The summed E-state index contributed by atoms with van der Waals surface area (Å²) in [5, 5.41) is 22.4. The van der Waals surface area contributed by atoms with Crippen molar-refractivity contribution in [3.63, 3.8) is 0 Å². The molecule has 3 aromatic carbocycles. The SMILES string of the molecule is CS(=O)(=O)c1cc(Cl)ccc1C(=O)c1cnoc1C1CC1.C[C@H](OC(=O)c1cc(Oc2ccc(C(F)(F)F)cc2Cl)ccc1Cl)C(=O)O.C[S+](C)C.O=C(O)CNCP(=O)([O-])O. The van der Waals surface area contributed by atoms with Crippen molar-refractivity contribution >= 4 is 86.8 Å². The molecule has 1 heterocycles. The lowest BCUT2D eigenvalue weighted by Gasteiger charge is -2.14. The van der Waals surface area contributed by atoms with Gasteiger partial charge in [0.1, 0.15) is 19.1 Å². The molecular formula is C37H39Cl3F3N2O14PS2. The Hall–Kier alpha value is -4.18. The molecule has 1 aliphatic rings. The first kappa shape index (κ1) is 54.0. The molecular weight excluding hydrogens is 955 g/mol. The fraction of sp³-hybridized carbons (Fsp3) is 0.324. The number of nitrogens with zero attached hydrogens (tertiary/aromatic N) is 1. The lowest BCUT2D eigenvalue weighted by atomic mass is 10.0. The first-order valence-electron chi connectivity index (χ1n) is 17.2. The van der Waals surface area contributed by atoms with Crippen molar-refractivity contribution in [1.29, 1.82) is 0 Å². The third-order valence-corrected chi connectivity index (χ3v) is 9.86. The van der Waals surface area contributed by atoms with Gasteiger partial charge < -0.3 is 38.6 Å². The number of alkyl halides is 3. The van der Waals surface area contributed by atoms with Crippen LogP contribution in [-0.4, -0.2) is 96.3 Å². The molecule has 1 aliphatic carbocycles. The molecule has 1 saturated carbocycles. The molecule has 0 amide bonds. The molecule has 0 bridgehead atoms. The number of aromatic nitrogens is 1. The van der Waals surface area contributed by atoms with E-state index in [9.17, 15) is 50.2 Å². The number of ether oxygens (including phenoxy) is 2. The molecule has 0 spiro atoms. The second-order valence-corrected chi connectivity index (χ2v) is 20.5. The highest BCUT2D eigenvalue weighted by Crippen LogP contribution is 2.42. The fourth-order valence-corrected chi connectivity index (χ4v) is 6.33. The van der Waals surface area contributed by atoms with Gasteiger partial charge in [-0.1, -0.05) is 40.0 Å². The number of aliphatic carboxylic acids is 2. The summed E-state index contributed by atoms with van der Waals surface area (Å²) in [5.41, 5.74) is -0.704. The van der Waals surface area contributed by atoms with E-state index in [2.05, 4.69) is 23.9 Å². The van der Waals surface area contributed by atoms with E-state index in [-0.39, 0.29) is 48.5 Å². The van der Waals surface area contributed by atoms with E-state index in [1.165, 1.54) is 36.5 Å². The predicted molar refractivity (Wildman–Crippen MR) is 222 cm³/mol. The maximum Gasteiger partial charge on any atom is 0.416 e. The molecule has 16 nitrogen and oxygen atoms in total. The molecule has 62 heavy (non-hydrogen) atoms. The summed E-state index contributed by atoms with van der Waals surface area (Å²) in [7, 11) is -7.27. The van der Waals surface area contributed by atoms with Crippen molar-refractivity contribution in [3.05, 3.63) is 104 Å². The molecule has 25 heteroatoms. The van der Waals surface area contributed by atoms with Crippen LogP contribution < -0.4 is 14.9 Å². The minimum Gasteiger partial charge on any atom is -0.778 e. The molecule has 0 saturated heterocycles. The van der Waals surface area contributed by atoms with Crippen LogP contribution in [0, 0.1) is 0 Å². The summed E-state index contributed by atoms with van der Waals surface area (Å²) in [5.74, 6) is -3.22. The number of carboxylic acid groups (broad SMARTS) is 2. The Kier molecular flexibility index (Phi) is 20.4. The number of halogens is 6. The number of carbonyl (C=O) groups excluding carboxylic acids is 2. The number of benzene rings is 3. The topological polar surface area (TPSA) is 260 Å². The predicted octanol–water partition coefficient (Wildman–Crippen LogP) is 6.93. The molecule has 2 atom stereocenters. The first-order valence-corrected chi connectivity index (χ1v) is 24.5. The Morgan fingerprint density at radius 2 is 1.60 bits per heavy atom. The molecule has 340 valence electrons. The molecule has 0 radical (unpaired) electrons. The van der Waals surface area contributed by atoms with Gasteiger partial charge in [-0.25, -0.2) is 18.0 Å². The average Bonchev–Trinajstić information content (AvgIpc) is 3.87. The highest BCUT2D eigenvalue weighted by Gasteiger charge is 2.34. The molecule has 4 N–H and O–H groups in total. The smallest absolute Gasteiger partial charge is 0.416 e. The van der Waals surface area contributed by atoms with Crippen LogP contribution in [0.5, 0.6) is 11.5 Å². The van der Waals surface area contributed by atoms with Crippen molar-refractivity contribution < 1.29 is 79.3 Å². The van der Waals surface area contributed by atoms with Crippen molar-refractivity contribution in [2.45, 2.75) is 42.9 Å². The quantitative estimate of drug-likeness (QED) is 0.0458. The van der Waals surface area contributed by atoms with Crippen molar-refractivity contribution in [2.75, 3.05) is 37.9 Å². The number of carbonyl (C=O) groups is 4. The maximum absolute atomic E-state index is 12.7. The highest BCUT2D eigenvalue weighted by molar-refractivity contribution is 7.94. The molecule has 0 aliphatic heterocycles. The zero-order valence-electron chi connectivity index (χ0n) is 33.1. The van der Waals surface area contributed by atoms with Crippen LogP contribution in [-0.2, 0) is 45.8 Å². The standard InChI is InChI=1S/C17H11Cl2F3O5.C14H12ClNO4S.C3H8NO5P.C3H9S/c1-8(15(23)24)26-16(25)11-7-10(3-4-12(11)18)27-14-5-2-9(6-13(14)19)17(20,21)22;1-21(18,19)12-6-9(15)4-5-10(12)13(17)11-7-16-20-14(11)8-2-3-8;5-3(6)1-4-2-10(7,8)9;1-4(2)3/h2-8H,1H3,(H,23,24);4-8H,2-3H2,1H3;4H,1-2H2,(H,5,6)(H2,7,8,9);1-3H3/q;;;+1/p-1/t8-;;;/m0.../s1. The number of ketones is 1. The van der Waals surface area contributed by atoms with Crippen molar-refractivity contribution in [1.82, 2.24) is 10.5 Å². The van der Waals surface area contributed by atoms with E-state index in [1.807, 2.05) is 5.32 Å². The third kappa shape index (κ3) is 18.7. The average molecular weight is 994 g/mol. The molecule has 5 rings (SSSR count). The monoisotopic (exact) mass is 992 g/mol. The summed E-state index contributed by atoms with van der Waals surface area (Å²) in [6.07, 6.45) is 4.22. The van der Waals surface area contributed by atoms with E-state index < -0.39 is 71.8 Å². The zero-order chi connectivity index (χ0) is 47.3. The minimum absolute atomic E-state index is 0.0246. The summed E-state index contributed by atoms with van der Waals surface area (Å²) in [6, 6.07) is 10.5. The van der Waals surface area contributed by atoms with Crippen LogP contribution in [0.2, 0.25) is 15.1 Å². The van der Waals surface area contributed by atoms with Gasteiger partial charge in [0.15, 0.2) is 27.5 Å². The van der Waals surface area contributed by atoms with Crippen molar-refractivity contribution in [3.8, 4) is 11.5 Å². The Bertz CT molecular complexity index is 2390. The highest BCUT2D eigenvalue weighted by atomic mass is 35.5. The summed E-state index contributed by atoms with van der Waals surface area (Å²) >= 11 is 17.6. The fourth-order valence-electron chi connectivity index (χ4n) is 4.38. The molecule has 1 aromatic heterocycles. The molecule has 1 unspecified atom stereocenters. The van der Waals surface area contributed by atoms with Crippen LogP contribution in [0.3, 0.4) is 0 Å². The van der Waals surface area contributed by atoms with Gasteiger partial charge in [-0.05, 0) is 85.3 Å². The number of nitrogens with one attached hydrogen (secondary N) is 1. The Morgan fingerprint density at radius 1 is 0.984 bits per heavy atom. The van der Waals surface area contributed by atoms with Crippen LogP contribution in [0.15, 0.2) is 70.2 Å². The van der Waals surface area contributed by atoms with Gasteiger partial charge in [-0.2, -0.15) is 13.2 Å². The number of carboxylic acids is 2. The normalized spacial score (nSPS) is 13.7. The van der Waals surface area contributed by atoms with Gasteiger partial charge in [0, 0.05) is 22.8 Å². The third-order valence-electron chi connectivity index (χ3n) is 7.24. The Morgan fingerprint density at radius 3 is 2.10 bits per heavy atom. The maximum atomic E-state index is 12.7. The van der Waals surface area contributed by atoms with E-state index in [0.29, 0.717) is 28.3 Å². The van der Waals surface area contributed by atoms with E-state index in [0.717, 1.165) is 44.2 Å². The van der Waals surface area contributed by atoms with Crippen molar-refractivity contribution in [2.24, 2.45) is 0 Å². The number of rotatable bonds is 13. The van der Waals surface area contributed by atoms with Crippen LogP contribution in [0.4, 0.5) is 13.2 Å². The second kappa shape index (κ2) is 23.5. The van der Waals surface area contributed by atoms with Gasteiger partial charge >= 0.3 is 24.1 Å². The number of hydrogen-bond donors (Lipinski definition) is 4. The summed E-state index contributed by atoms with van der Waals surface area (Å²) in [4.78, 5) is 63.1. The van der Waals surface area contributed by atoms with E-state index in [1.54, 1.807) is 0 Å². The summed E-state index contributed by atoms with van der Waals surface area (Å²) < 4.78 is 86.9. The number of hydrogen-bond acceptors (Lipinski definition) is 13. The number of esters is 1. The van der Waals surface area contributed by atoms with E-state index >= 15 is 0 Å². The van der Waals surface area contributed by atoms with Gasteiger partial charge in [0.2, 0.25) is 0 Å². The van der Waals surface area contributed by atoms with Gasteiger partial charge in [0.25, 0.3) is 0 Å². The van der Waals surface area contributed by atoms with E-state index in [4.69, 9.17) is 63.9 Å². The minimum atomic E-state index is -4.56. The van der Waals surface area contributed by atoms with Gasteiger partial charge in [-0.3, -0.25) is 14.9 Å². The molecule has 1 fully saturated rings. The zero-order valence-corrected chi connectivity index (χ0v) is 37.9. The first-order chi connectivity index (χ1) is 28.5. The Labute approximate surface area is 371 Å². The lowest BCUT2D eigenvalue weighted by molar-refractivity contribution is -0.193. The second-order valence-electron chi connectivity index (χ2n) is 13.2. The van der Waals surface area contributed by atoms with Crippen LogP contribution >= 0.6 is 42.4 Å².